The van der Waals surface area contributed by atoms with Crippen LogP contribution in [0.2, 0.25) is 0 Å². The van der Waals surface area contributed by atoms with Gasteiger partial charge in [-0.25, -0.2) is 0 Å². The molecule has 1 heterocycles. The van der Waals surface area contributed by atoms with E-state index in [4.69, 9.17) is 0 Å². The molecule has 0 amide bonds. The molecule has 0 bridgehead atoms. The molecule has 1 nitrogen and oxygen atoms in total. The lowest BCUT2D eigenvalue weighted by molar-refractivity contribution is 0.575. The van der Waals surface area contributed by atoms with E-state index in [9.17, 15) is 0 Å². The average molecular weight is 245 g/mol. The molecule has 0 fully saturated rings. The Hall–Kier alpha value is -0.730. The third-order valence-electron chi connectivity index (χ3n) is 3.90. The van der Waals surface area contributed by atoms with Gasteiger partial charge >= 0.3 is 0 Å². The van der Waals surface area contributed by atoms with Crippen molar-refractivity contribution in [2.24, 2.45) is 0 Å². The van der Waals surface area contributed by atoms with Crippen LogP contribution in [0.5, 0.6) is 0 Å². The normalized spacial score (nSPS) is 23.9. The van der Waals surface area contributed by atoms with E-state index in [2.05, 4.69) is 36.6 Å². The Labute approximate surface area is 108 Å². The van der Waals surface area contributed by atoms with E-state index >= 15 is 0 Å². The summed E-state index contributed by atoms with van der Waals surface area (Å²) in [6, 6.07) is 9.33. The molecule has 0 aromatic heterocycles. The first-order chi connectivity index (χ1) is 8.40. The van der Waals surface area contributed by atoms with E-state index in [1.807, 2.05) is 11.8 Å². The zero-order valence-electron chi connectivity index (χ0n) is 10.3. The van der Waals surface area contributed by atoms with Gasteiger partial charge in [0.25, 0.3) is 0 Å². The number of hydrogen-bond acceptors (Lipinski definition) is 2. The molecule has 3 rings (SSSR count). The van der Waals surface area contributed by atoms with Crippen molar-refractivity contribution in [3.8, 4) is 0 Å². The first-order valence-corrected chi connectivity index (χ1v) is 7.48. The minimum absolute atomic E-state index is 0.455. The highest BCUT2D eigenvalue weighted by atomic mass is 32.2. The molecule has 0 saturated carbocycles. The van der Waals surface area contributed by atoms with Crippen molar-refractivity contribution in [2.45, 2.75) is 36.6 Å². The van der Waals surface area contributed by atoms with Gasteiger partial charge in [-0.05, 0) is 49.9 Å². The van der Waals surface area contributed by atoms with Crippen molar-refractivity contribution >= 4 is 11.8 Å². The van der Waals surface area contributed by atoms with E-state index < -0.39 is 0 Å². The van der Waals surface area contributed by atoms with Crippen molar-refractivity contribution in [1.82, 2.24) is 5.32 Å². The van der Waals surface area contributed by atoms with Gasteiger partial charge in [0.05, 0.1) is 6.04 Å². The number of thioether (sulfide) groups is 1. The summed E-state index contributed by atoms with van der Waals surface area (Å²) in [6.45, 7) is 0. The highest BCUT2D eigenvalue weighted by molar-refractivity contribution is 7.99. The summed E-state index contributed by atoms with van der Waals surface area (Å²) in [5.74, 6) is 1.20. The number of fused-ring (bicyclic) bond motifs is 1. The second-order valence-corrected chi connectivity index (χ2v) is 5.90. The quantitative estimate of drug-likeness (QED) is 0.753. The molecule has 90 valence electrons. The van der Waals surface area contributed by atoms with Gasteiger partial charge in [-0.3, -0.25) is 0 Å². The van der Waals surface area contributed by atoms with Crippen LogP contribution >= 0.6 is 11.8 Å². The second kappa shape index (κ2) is 4.87. The molecule has 2 aliphatic rings. The van der Waals surface area contributed by atoms with Gasteiger partial charge in [0.2, 0.25) is 0 Å². The van der Waals surface area contributed by atoms with Crippen LogP contribution in [0.1, 0.15) is 37.3 Å². The van der Waals surface area contributed by atoms with Gasteiger partial charge < -0.3 is 5.32 Å². The molecule has 1 unspecified atom stereocenters. The molecule has 1 aromatic carbocycles. The third kappa shape index (κ3) is 2.04. The van der Waals surface area contributed by atoms with Gasteiger partial charge in [-0.2, -0.15) is 0 Å². The summed E-state index contributed by atoms with van der Waals surface area (Å²) in [6.07, 6.45) is 5.35. The summed E-state index contributed by atoms with van der Waals surface area (Å²) in [5.41, 5.74) is 4.86. The highest BCUT2D eigenvalue weighted by Crippen LogP contribution is 2.42. The molecule has 1 aliphatic heterocycles. The van der Waals surface area contributed by atoms with Crippen LogP contribution in [0.3, 0.4) is 0 Å². The Morgan fingerprint density at radius 2 is 2.00 bits per heavy atom. The molecular weight excluding hydrogens is 226 g/mol. The summed E-state index contributed by atoms with van der Waals surface area (Å²) >= 11 is 2.02. The van der Waals surface area contributed by atoms with Gasteiger partial charge in [0.1, 0.15) is 0 Å². The molecule has 0 radical (unpaired) electrons. The van der Waals surface area contributed by atoms with Crippen LogP contribution in [0.25, 0.3) is 0 Å². The smallest absolute Gasteiger partial charge is 0.0547 e. The highest BCUT2D eigenvalue weighted by Gasteiger charge is 2.26. The standard InChI is InChI=1S/C15H19NS/c1-16-15-12-7-3-2-6-11(12)10-17-14-9-5-4-8-13(14)15/h4-5,8-9,15-16H,2-3,6-7,10H2,1H3. The number of likely N-dealkylation sites (N-methyl/N-ethyl adjacent to an activating group) is 1. The van der Waals surface area contributed by atoms with E-state index in [1.165, 1.54) is 41.9 Å². The fourth-order valence-corrected chi connectivity index (χ4v) is 4.22. The largest absolute Gasteiger partial charge is 0.310 e. The maximum Gasteiger partial charge on any atom is 0.0547 e. The fourth-order valence-electron chi connectivity index (χ4n) is 3.04. The first kappa shape index (κ1) is 11.4. The zero-order chi connectivity index (χ0) is 11.7. The van der Waals surface area contributed by atoms with Crippen molar-refractivity contribution in [2.75, 3.05) is 12.8 Å². The molecule has 1 N–H and O–H groups in total. The lowest BCUT2D eigenvalue weighted by Gasteiger charge is -2.25. The molecule has 1 aromatic rings. The van der Waals surface area contributed by atoms with E-state index in [0.717, 1.165) is 0 Å². The molecular formula is C15H19NS. The number of benzene rings is 1. The molecule has 0 spiro atoms. The van der Waals surface area contributed by atoms with Crippen molar-refractivity contribution in [1.29, 1.82) is 0 Å². The second-order valence-electron chi connectivity index (χ2n) is 4.88. The van der Waals surface area contributed by atoms with Gasteiger partial charge in [0, 0.05) is 10.6 Å². The SMILES string of the molecule is CNC1C2=C(CCCC2)CSc2ccccc21. The van der Waals surface area contributed by atoms with Crippen LogP contribution in [0.4, 0.5) is 0 Å². The lowest BCUT2D eigenvalue weighted by atomic mass is 9.85. The maximum atomic E-state index is 3.53. The van der Waals surface area contributed by atoms with Crippen LogP contribution < -0.4 is 5.32 Å². The van der Waals surface area contributed by atoms with Crippen LogP contribution in [-0.4, -0.2) is 12.8 Å². The summed E-state index contributed by atoms with van der Waals surface area (Å²) in [4.78, 5) is 1.46. The summed E-state index contributed by atoms with van der Waals surface area (Å²) < 4.78 is 0. The first-order valence-electron chi connectivity index (χ1n) is 6.50. The molecule has 17 heavy (non-hydrogen) atoms. The Morgan fingerprint density at radius 1 is 1.18 bits per heavy atom. The summed E-state index contributed by atoms with van der Waals surface area (Å²) in [5, 5.41) is 3.53. The predicted octanol–water partition coefficient (Wildman–Crippen LogP) is 3.92. The van der Waals surface area contributed by atoms with Gasteiger partial charge in [0.15, 0.2) is 0 Å². The minimum atomic E-state index is 0.455. The molecule has 1 aliphatic carbocycles. The minimum Gasteiger partial charge on any atom is -0.310 e. The number of rotatable bonds is 1. The average Bonchev–Trinajstić information content (AvgIpc) is 2.55. The van der Waals surface area contributed by atoms with Crippen molar-refractivity contribution in [3.63, 3.8) is 0 Å². The van der Waals surface area contributed by atoms with Gasteiger partial charge in [-0.15, -0.1) is 11.8 Å². The predicted molar refractivity (Wildman–Crippen MR) is 74.5 cm³/mol. The summed E-state index contributed by atoms with van der Waals surface area (Å²) in [7, 11) is 2.09. The Kier molecular flexibility index (Phi) is 3.26. The Balaban J connectivity index is 2.07. The monoisotopic (exact) mass is 245 g/mol. The van der Waals surface area contributed by atoms with Gasteiger partial charge in [-0.1, -0.05) is 23.8 Å². The topological polar surface area (TPSA) is 12.0 Å². The van der Waals surface area contributed by atoms with Crippen LogP contribution in [0, 0.1) is 0 Å². The van der Waals surface area contributed by atoms with E-state index in [0.29, 0.717) is 6.04 Å². The van der Waals surface area contributed by atoms with Crippen LogP contribution in [0.15, 0.2) is 40.3 Å². The molecule has 2 heteroatoms. The van der Waals surface area contributed by atoms with E-state index in [-0.39, 0.29) is 0 Å². The maximum absolute atomic E-state index is 3.53. The molecule has 0 saturated heterocycles. The van der Waals surface area contributed by atoms with Crippen LogP contribution in [-0.2, 0) is 0 Å². The molecule has 1 atom stereocenters. The van der Waals surface area contributed by atoms with Crippen molar-refractivity contribution in [3.05, 3.63) is 41.0 Å². The van der Waals surface area contributed by atoms with E-state index in [1.54, 1.807) is 11.1 Å². The number of nitrogens with one attached hydrogen (secondary N) is 1. The zero-order valence-corrected chi connectivity index (χ0v) is 11.1. The fraction of sp³-hybridized carbons (Fsp3) is 0.467. The Morgan fingerprint density at radius 3 is 2.88 bits per heavy atom. The number of hydrogen-bond donors (Lipinski definition) is 1. The third-order valence-corrected chi connectivity index (χ3v) is 5.07. The Bertz CT molecular complexity index is 450. The lowest BCUT2D eigenvalue weighted by Crippen LogP contribution is -2.21. The van der Waals surface area contributed by atoms with Crippen molar-refractivity contribution < 1.29 is 0 Å².